The highest BCUT2D eigenvalue weighted by molar-refractivity contribution is 5.60. The van der Waals surface area contributed by atoms with E-state index in [4.69, 9.17) is 10.5 Å². The number of hydrogen-bond donors (Lipinski definition) is 1. The first kappa shape index (κ1) is 14.0. The average Bonchev–Trinajstić information content (AvgIpc) is 2.34. The van der Waals surface area contributed by atoms with Gasteiger partial charge in [-0.1, -0.05) is 20.8 Å². The molecule has 0 aliphatic carbocycles. The Hall–Kier alpha value is -1.38. The topological polar surface area (TPSA) is 38.5 Å². The predicted molar refractivity (Wildman–Crippen MR) is 81.8 cm³/mol. The van der Waals surface area contributed by atoms with Crippen LogP contribution in [-0.2, 0) is 0 Å². The largest absolute Gasteiger partial charge is 0.493 e. The van der Waals surface area contributed by atoms with Gasteiger partial charge in [0.25, 0.3) is 0 Å². The van der Waals surface area contributed by atoms with Gasteiger partial charge in [-0.2, -0.15) is 0 Å². The van der Waals surface area contributed by atoms with Gasteiger partial charge in [-0.05, 0) is 30.7 Å². The van der Waals surface area contributed by atoms with Crippen LogP contribution in [0.5, 0.6) is 5.75 Å². The first-order valence-corrected chi connectivity index (χ1v) is 7.36. The molecule has 1 fully saturated rings. The Balaban J connectivity index is 2.16. The lowest BCUT2D eigenvalue weighted by atomic mass is 9.91. The number of ether oxygens (including phenoxy) is 1. The summed E-state index contributed by atoms with van der Waals surface area (Å²) in [6.45, 7) is 9.73. The molecule has 0 radical (unpaired) electrons. The number of piperidine rings is 1. The third-order valence-electron chi connectivity index (χ3n) is 3.62. The lowest BCUT2D eigenvalue weighted by Crippen LogP contribution is -2.38. The molecule has 1 heterocycles. The van der Waals surface area contributed by atoms with Crippen molar-refractivity contribution in [1.82, 2.24) is 0 Å². The van der Waals surface area contributed by atoms with Crippen molar-refractivity contribution < 1.29 is 4.74 Å². The second-order valence-electron chi connectivity index (χ2n) is 5.96. The smallest absolute Gasteiger partial charge is 0.123 e. The molecule has 1 saturated heterocycles. The Bertz CT molecular complexity index is 409. The molecule has 3 heteroatoms. The van der Waals surface area contributed by atoms with E-state index in [2.05, 4.69) is 37.8 Å². The number of hydrogen-bond acceptors (Lipinski definition) is 3. The molecule has 19 heavy (non-hydrogen) atoms. The van der Waals surface area contributed by atoms with Gasteiger partial charge in [-0.3, -0.25) is 0 Å². The fourth-order valence-electron chi connectivity index (χ4n) is 2.97. The Morgan fingerprint density at radius 3 is 2.53 bits per heavy atom. The minimum Gasteiger partial charge on any atom is -0.493 e. The Morgan fingerprint density at radius 2 is 1.89 bits per heavy atom. The van der Waals surface area contributed by atoms with Crippen LogP contribution >= 0.6 is 0 Å². The lowest BCUT2D eigenvalue weighted by Gasteiger charge is -2.36. The second kappa shape index (κ2) is 6.18. The zero-order valence-electron chi connectivity index (χ0n) is 12.4. The molecule has 2 N–H and O–H groups in total. The monoisotopic (exact) mass is 262 g/mol. The summed E-state index contributed by atoms with van der Waals surface area (Å²) in [5.74, 6) is 2.37. The number of nitrogens with zero attached hydrogens (tertiary/aromatic N) is 1. The van der Waals surface area contributed by atoms with Crippen molar-refractivity contribution in [2.75, 3.05) is 30.3 Å². The zero-order chi connectivity index (χ0) is 13.8. The molecule has 1 aromatic carbocycles. The minimum atomic E-state index is 0.741. The van der Waals surface area contributed by atoms with E-state index in [1.54, 1.807) is 0 Å². The van der Waals surface area contributed by atoms with Crippen LogP contribution in [-0.4, -0.2) is 19.7 Å². The van der Waals surface area contributed by atoms with Gasteiger partial charge in [0.05, 0.1) is 6.61 Å². The summed E-state index contributed by atoms with van der Waals surface area (Å²) in [5, 5.41) is 0. The van der Waals surface area contributed by atoms with Gasteiger partial charge in [-0.15, -0.1) is 0 Å². The Morgan fingerprint density at radius 1 is 1.21 bits per heavy atom. The van der Waals surface area contributed by atoms with Crippen LogP contribution in [0.25, 0.3) is 0 Å². The van der Waals surface area contributed by atoms with E-state index < -0.39 is 0 Å². The maximum absolute atomic E-state index is 6.00. The van der Waals surface area contributed by atoms with E-state index in [0.717, 1.165) is 49.4 Å². The highest BCUT2D eigenvalue weighted by Crippen LogP contribution is 2.30. The summed E-state index contributed by atoms with van der Waals surface area (Å²) in [7, 11) is 0. The molecule has 1 aliphatic heterocycles. The molecule has 2 atom stereocenters. The minimum absolute atomic E-state index is 0.741. The van der Waals surface area contributed by atoms with Crippen LogP contribution in [0, 0.1) is 11.8 Å². The van der Waals surface area contributed by atoms with Crippen LogP contribution in [0.3, 0.4) is 0 Å². The molecule has 106 valence electrons. The van der Waals surface area contributed by atoms with Gasteiger partial charge >= 0.3 is 0 Å². The van der Waals surface area contributed by atoms with Gasteiger partial charge in [0.1, 0.15) is 5.75 Å². The van der Waals surface area contributed by atoms with Crippen molar-refractivity contribution in [1.29, 1.82) is 0 Å². The molecular weight excluding hydrogens is 236 g/mol. The highest BCUT2D eigenvalue weighted by Gasteiger charge is 2.22. The summed E-state index contributed by atoms with van der Waals surface area (Å²) < 4.78 is 5.71. The van der Waals surface area contributed by atoms with Gasteiger partial charge in [-0.25, -0.2) is 0 Å². The summed E-state index contributed by atoms with van der Waals surface area (Å²) >= 11 is 0. The second-order valence-corrected chi connectivity index (χ2v) is 5.96. The van der Waals surface area contributed by atoms with Gasteiger partial charge in [0, 0.05) is 36.6 Å². The van der Waals surface area contributed by atoms with Crippen molar-refractivity contribution in [3.63, 3.8) is 0 Å². The zero-order valence-corrected chi connectivity index (χ0v) is 12.4. The van der Waals surface area contributed by atoms with E-state index in [1.165, 1.54) is 12.1 Å². The number of nitrogen functional groups attached to an aromatic ring is 1. The quantitative estimate of drug-likeness (QED) is 0.843. The molecule has 0 saturated carbocycles. The Labute approximate surface area is 116 Å². The molecule has 1 aromatic rings. The molecule has 1 aliphatic rings. The maximum Gasteiger partial charge on any atom is 0.123 e. The van der Waals surface area contributed by atoms with Gasteiger partial charge < -0.3 is 15.4 Å². The summed E-state index contributed by atoms with van der Waals surface area (Å²) in [6, 6.07) is 6.09. The highest BCUT2D eigenvalue weighted by atomic mass is 16.5. The molecular formula is C16H26N2O. The lowest BCUT2D eigenvalue weighted by molar-refractivity contribution is 0.317. The summed E-state index contributed by atoms with van der Waals surface area (Å²) in [5.41, 5.74) is 7.99. The van der Waals surface area contributed by atoms with Crippen LogP contribution in [0.15, 0.2) is 18.2 Å². The van der Waals surface area contributed by atoms with Crippen molar-refractivity contribution in [3.8, 4) is 5.75 Å². The first-order chi connectivity index (χ1) is 9.08. The van der Waals surface area contributed by atoms with Crippen molar-refractivity contribution in [3.05, 3.63) is 18.2 Å². The van der Waals surface area contributed by atoms with Crippen LogP contribution in [0.1, 0.15) is 33.6 Å². The summed E-state index contributed by atoms with van der Waals surface area (Å²) in [6.07, 6.45) is 2.33. The van der Waals surface area contributed by atoms with E-state index in [9.17, 15) is 0 Å². The average molecular weight is 262 g/mol. The molecule has 2 unspecified atom stereocenters. The van der Waals surface area contributed by atoms with Crippen LogP contribution in [0.4, 0.5) is 11.4 Å². The van der Waals surface area contributed by atoms with Crippen molar-refractivity contribution >= 4 is 11.4 Å². The standard InChI is InChI=1S/C16H26N2O/c1-4-5-19-16-8-14(17)7-15(9-16)18-10-12(2)6-13(3)11-18/h7-9,12-13H,4-6,10-11,17H2,1-3H3. The number of rotatable bonds is 4. The van der Waals surface area contributed by atoms with Crippen LogP contribution in [0.2, 0.25) is 0 Å². The van der Waals surface area contributed by atoms with E-state index in [1.807, 2.05) is 6.07 Å². The Kier molecular flexibility index (Phi) is 4.56. The number of nitrogens with two attached hydrogens (primary N) is 1. The fraction of sp³-hybridized carbons (Fsp3) is 0.625. The molecule has 0 amide bonds. The van der Waals surface area contributed by atoms with Crippen LogP contribution < -0.4 is 15.4 Å². The molecule has 0 bridgehead atoms. The van der Waals surface area contributed by atoms with E-state index in [0.29, 0.717) is 0 Å². The predicted octanol–water partition coefficient (Wildman–Crippen LogP) is 3.54. The van der Waals surface area contributed by atoms with Gasteiger partial charge in [0.15, 0.2) is 0 Å². The molecule has 2 rings (SSSR count). The molecule has 0 spiro atoms. The van der Waals surface area contributed by atoms with E-state index in [-0.39, 0.29) is 0 Å². The van der Waals surface area contributed by atoms with Gasteiger partial charge in [0.2, 0.25) is 0 Å². The maximum atomic E-state index is 6.00. The summed E-state index contributed by atoms with van der Waals surface area (Å²) in [4.78, 5) is 2.44. The van der Waals surface area contributed by atoms with E-state index >= 15 is 0 Å². The SMILES string of the molecule is CCCOc1cc(N)cc(N2CC(C)CC(C)C2)c1. The number of anilines is 2. The normalized spacial score (nSPS) is 23.4. The molecule has 3 nitrogen and oxygen atoms in total. The molecule has 0 aromatic heterocycles. The van der Waals surface area contributed by atoms with Crippen molar-refractivity contribution in [2.24, 2.45) is 11.8 Å². The first-order valence-electron chi connectivity index (χ1n) is 7.36. The fourth-order valence-corrected chi connectivity index (χ4v) is 2.97. The van der Waals surface area contributed by atoms with Crippen molar-refractivity contribution in [2.45, 2.75) is 33.6 Å². The third kappa shape index (κ3) is 3.79. The number of benzene rings is 1. The third-order valence-corrected chi connectivity index (χ3v) is 3.62.